The SMILES string of the molecule is CCCNS(=O)(=O)c1ccc(OCC(=O)Nc2cccc(SC)c2)cc1. The van der Waals surface area contributed by atoms with Gasteiger partial charge in [-0.25, -0.2) is 13.1 Å². The van der Waals surface area contributed by atoms with Gasteiger partial charge in [-0.3, -0.25) is 4.79 Å². The van der Waals surface area contributed by atoms with E-state index in [1.165, 1.54) is 24.3 Å². The third kappa shape index (κ3) is 6.05. The zero-order chi connectivity index (χ0) is 19.0. The van der Waals surface area contributed by atoms with Crippen LogP contribution in [0.3, 0.4) is 0 Å². The molecule has 0 aliphatic rings. The van der Waals surface area contributed by atoms with Crippen LogP contribution in [0.1, 0.15) is 13.3 Å². The molecule has 0 atom stereocenters. The van der Waals surface area contributed by atoms with Crippen LogP contribution in [0.25, 0.3) is 0 Å². The number of carbonyl (C=O) groups is 1. The minimum atomic E-state index is -3.50. The second-order valence-corrected chi connectivity index (χ2v) is 8.08. The number of rotatable bonds is 9. The van der Waals surface area contributed by atoms with Crippen LogP contribution in [0.5, 0.6) is 5.75 Å². The van der Waals surface area contributed by atoms with Crippen LogP contribution < -0.4 is 14.8 Å². The summed E-state index contributed by atoms with van der Waals surface area (Å²) in [4.78, 5) is 13.2. The van der Waals surface area contributed by atoms with Gasteiger partial charge in [-0.15, -0.1) is 11.8 Å². The number of anilines is 1. The van der Waals surface area contributed by atoms with Crippen molar-refractivity contribution >= 4 is 33.4 Å². The molecule has 2 N–H and O–H groups in total. The molecule has 2 aromatic carbocycles. The van der Waals surface area contributed by atoms with Crippen LogP contribution in [0.4, 0.5) is 5.69 Å². The normalized spacial score (nSPS) is 11.2. The first-order valence-electron chi connectivity index (χ1n) is 8.11. The highest BCUT2D eigenvalue weighted by atomic mass is 32.2. The number of sulfonamides is 1. The maximum absolute atomic E-state index is 12.0. The summed E-state index contributed by atoms with van der Waals surface area (Å²) in [6.07, 6.45) is 2.68. The van der Waals surface area contributed by atoms with E-state index in [1.54, 1.807) is 17.8 Å². The van der Waals surface area contributed by atoms with Gasteiger partial charge in [-0.2, -0.15) is 0 Å². The van der Waals surface area contributed by atoms with Gasteiger partial charge in [0.25, 0.3) is 5.91 Å². The van der Waals surface area contributed by atoms with Crippen LogP contribution >= 0.6 is 11.8 Å². The highest BCUT2D eigenvalue weighted by Gasteiger charge is 2.13. The van der Waals surface area contributed by atoms with Crippen molar-refractivity contribution in [3.05, 3.63) is 48.5 Å². The minimum absolute atomic E-state index is 0.163. The van der Waals surface area contributed by atoms with E-state index in [0.717, 1.165) is 11.3 Å². The first kappa shape index (κ1) is 20.3. The molecule has 140 valence electrons. The summed E-state index contributed by atoms with van der Waals surface area (Å²) in [6, 6.07) is 13.5. The maximum Gasteiger partial charge on any atom is 0.262 e. The fraction of sp³-hybridized carbons (Fsp3) is 0.278. The molecule has 1 amide bonds. The van der Waals surface area contributed by atoms with Crippen LogP contribution in [0.2, 0.25) is 0 Å². The number of nitrogens with one attached hydrogen (secondary N) is 2. The molecule has 0 heterocycles. The summed E-state index contributed by atoms with van der Waals surface area (Å²) in [6.45, 7) is 2.12. The second-order valence-electron chi connectivity index (χ2n) is 5.44. The van der Waals surface area contributed by atoms with E-state index in [4.69, 9.17) is 4.74 Å². The molecule has 0 aromatic heterocycles. The summed E-state index contributed by atoms with van der Waals surface area (Å²) < 4.78 is 31.9. The molecule has 0 radical (unpaired) electrons. The highest BCUT2D eigenvalue weighted by Crippen LogP contribution is 2.19. The average molecular weight is 395 g/mol. The second kappa shape index (κ2) is 9.61. The standard InChI is InChI=1S/C18H22N2O4S2/c1-3-11-19-26(22,23)17-9-7-15(8-10-17)24-13-18(21)20-14-5-4-6-16(12-14)25-2/h4-10,12,19H,3,11,13H2,1-2H3,(H,20,21). The average Bonchev–Trinajstić information content (AvgIpc) is 2.65. The largest absolute Gasteiger partial charge is 0.484 e. The third-order valence-corrected chi connectivity index (χ3v) is 5.60. The van der Waals surface area contributed by atoms with Crippen LogP contribution in [-0.4, -0.2) is 33.7 Å². The van der Waals surface area contributed by atoms with Crippen molar-refractivity contribution in [1.29, 1.82) is 0 Å². The third-order valence-electron chi connectivity index (χ3n) is 3.40. The van der Waals surface area contributed by atoms with Gasteiger partial charge in [-0.05, 0) is 55.1 Å². The Morgan fingerprint density at radius 1 is 1.15 bits per heavy atom. The molecule has 0 saturated carbocycles. The van der Waals surface area contributed by atoms with Crippen molar-refractivity contribution in [3.8, 4) is 5.75 Å². The van der Waals surface area contributed by atoms with Crippen molar-refractivity contribution < 1.29 is 17.9 Å². The molecule has 0 aliphatic heterocycles. The Balaban J connectivity index is 1.90. The number of benzene rings is 2. The molecule has 0 bridgehead atoms. The zero-order valence-electron chi connectivity index (χ0n) is 14.7. The van der Waals surface area contributed by atoms with E-state index in [0.29, 0.717) is 18.0 Å². The predicted molar refractivity (Wildman–Crippen MR) is 104 cm³/mol. The lowest BCUT2D eigenvalue weighted by Gasteiger charge is -2.09. The van der Waals surface area contributed by atoms with E-state index < -0.39 is 10.0 Å². The number of thioether (sulfide) groups is 1. The molecule has 0 fully saturated rings. The molecule has 0 saturated heterocycles. The minimum Gasteiger partial charge on any atom is -0.484 e. The lowest BCUT2D eigenvalue weighted by Crippen LogP contribution is -2.24. The predicted octanol–water partition coefficient (Wildman–Crippen LogP) is 3.11. The molecule has 2 aromatic rings. The molecule has 0 unspecified atom stereocenters. The topological polar surface area (TPSA) is 84.5 Å². The quantitative estimate of drug-likeness (QED) is 0.639. The molecular weight excluding hydrogens is 372 g/mol. The van der Waals surface area contributed by atoms with Crippen molar-refractivity contribution in [1.82, 2.24) is 4.72 Å². The van der Waals surface area contributed by atoms with E-state index >= 15 is 0 Å². The fourth-order valence-electron chi connectivity index (χ4n) is 2.08. The fourth-order valence-corrected chi connectivity index (χ4v) is 3.67. The monoisotopic (exact) mass is 394 g/mol. The first-order valence-corrected chi connectivity index (χ1v) is 10.8. The number of amides is 1. The zero-order valence-corrected chi connectivity index (χ0v) is 16.3. The van der Waals surface area contributed by atoms with Crippen LogP contribution in [-0.2, 0) is 14.8 Å². The van der Waals surface area contributed by atoms with Crippen LogP contribution in [0, 0.1) is 0 Å². The van der Waals surface area contributed by atoms with Gasteiger partial charge in [0, 0.05) is 17.1 Å². The summed E-state index contributed by atoms with van der Waals surface area (Å²) in [5, 5.41) is 2.76. The van der Waals surface area contributed by atoms with Gasteiger partial charge in [0.05, 0.1) is 4.90 Å². The molecular formula is C18H22N2O4S2. The van der Waals surface area contributed by atoms with Crippen molar-refractivity contribution in [3.63, 3.8) is 0 Å². The van der Waals surface area contributed by atoms with Gasteiger partial charge in [0.1, 0.15) is 5.75 Å². The van der Waals surface area contributed by atoms with Crippen molar-refractivity contribution in [2.45, 2.75) is 23.1 Å². The molecule has 0 spiro atoms. The summed E-state index contributed by atoms with van der Waals surface area (Å²) in [5.41, 5.74) is 0.703. The van der Waals surface area contributed by atoms with Gasteiger partial charge in [-0.1, -0.05) is 13.0 Å². The lowest BCUT2D eigenvalue weighted by atomic mass is 10.3. The molecule has 26 heavy (non-hydrogen) atoms. The van der Waals surface area contributed by atoms with Gasteiger partial charge in [0.2, 0.25) is 10.0 Å². The summed E-state index contributed by atoms with van der Waals surface area (Å²) >= 11 is 1.59. The molecule has 2 rings (SSSR count). The van der Waals surface area contributed by atoms with E-state index in [1.807, 2.05) is 31.4 Å². The molecule has 0 aliphatic carbocycles. The molecule has 8 heteroatoms. The maximum atomic E-state index is 12.0. The Kier molecular flexibility index (Phi) is 7.50. The number of hydrogen-bond donors (Lipinski definition) is 2. The Morgan fingerprint density at radius 3 is 2.54 bits per heavy atom. The Morgan fingerprint density at radius 2 is 1.88 bits per heavy atom. The Hall–Kier alpha value is -2.03. The van der Waals surface area contributed by atoms with Gasteiger partial charge < -0.3 is 10.1 Å². The molecule has 6 nitrogen and oxygen atoms in total. The van der Waals surface area contributed by atoms with Gasteiger partial charge in [0.15, 0.2) is 6.61 Å². The van der Waals surface area contributed by atoms with Gasteiger partial charge >= 0.3 is 0 Å². The van der Waals surface area contributed by atoms with Crippen molar-refractivity contribution in [2.24, 2.45) is 0 Å². The van der Waals surface area contributed by atoms with E-state index in [9.17, 15) is 13.2 Å². The van der Waals surface area contributed by atoms with Crippen LogP contribution in [0.15, 0.2) is 58.3 Å². The highest BCUT2D eigenvalue weighted by molar-refractivity contribution is 7.98. The van der Waals surface area contributed by atoms with Crippen molar-refractivity contribution in [2.75, 3.05) is 24.7 Å². The summed E-state index contributed by atoms with van der Waals surface area (Å²) in [5.74, 6) is 0.136. The number of ether oxygens (including phenoxy) is 1. The Labute approximate surface area is 158 Å². The summed E-state index contributed by atoms with van der Waals surface area (Å²) in [7, 11) is -3.50. The number of hydrogen-bond acceptors (Lipinski definition) is 5. The first-order chi connectivity index (χ1) is 12.4. The lowest BCUT2D eigenvalue weighted by molar-refractivity contribution is -0.118. The van der Waals surface area contributed by atoms with E-state index in [2.05, 4.69) is 10.0 Å². The van der Waals surface area contributed by atoms with E-state index in [-0.39, 0.29) is 17.4 Å². The smallest absolute Gasteiger partial charge is 0.262 e. The number of carbonyl (C=O) groups excluding carboxylic acids is 1. The Bertz CT molecular complexity index is 837.